The van der Waals surface area contributed by atoms with Gasteiger partial charge < -0.3 is 0 Å². The standard InChI is InChI=1S/C10H16.CCl2O/c1-7-2-9-4-8(1)5-10(3-7)6-9;2-1(3)4/h7-10H,1-6H2;. The average Bonchev–Trinajstić information content (AvgIpc) is 1.98. The van der Waals surface area contributed by atoms with E-state index >= 15 is 0 Å². The summed E-state index contributed by atoms with van der Waals surface area (Å²) >= 11 is 8.80. The number of carbonyl (C=O) groups excluding carboxylic acids is 1. The molecule has 80 valence electrons. The quantitative estimate of drug-likeness (QED) is 0.568. The normalized spacial score (nSPS) is 43.0. The molecule has 0 aliphatic heterocycles. The maximum atomic E-state index is 8.98. The largest absolute Gasteiger partial charge is 0.313 e. The molecule has 0 saturated heterocycles. The molecular formula is C11H16Cl2O. The van der Waals surface area contributed by atoms with E-state index in [1.165, 1.54) is 23.7 Å². The van der Waals surface area contributed by atoms with Crippen LogP contribution < -0.4 is 0 Å². The van der Waals surface area contributed by atoms with Gasteiger partial charge in [0.1, 0.15) is 0 Å². The summed E-state index contributed by atoms with van der Waals surface area (Å²) in [6.45, 7) is 0. The minimum Gasteiger partial charge on any atom is -0.262 e. The van der Waals surface area contributed by atoms with E-state index in [4.69, 9.17) is 4.79 Å². The molecule has 0 aromatic heterocycles. The zero-order valence-corrected chi connectivity index (χ0v) is 9.73. The topological polar surface area (TPSA) is 17.1 Å². The predicted molar refractivity (Wildman–Crippen MR) is 58.8 cm³/mol. The van der Waals surface area contributed by atoms with E-state index in [1.807, 2.05) is 0 Å². The number of halogens is 2. The number of hydrogen-bond donors (Lipinski definition) is 0. The van der Waals surface area contributed by atoms with Crippen molar-refractivity contribution in [3.8, 4) is 0 Å². The van der Waals surface area contributed by atoms with Crippen LogP contribution in [0.2, 0.25) is 0 Å². The van der Waals surface area contributed by atoms with Crippen molar-refractivity contribution in [2.75, 3.05) is 0 Å². The first kappa shape index (κ1) is 10.8. The molecule has 0 radical (unpaired) electrons. The van der Waals surface area contributed by atoms with E-state index in [1.54, 1.807) is 38.5 Å². The molecule has 3 heteroatoms. The van der Waals surface area contributed by atoms with Gasteiger partial charge in [-0.05, 0) is 85.4 Å². The second-order valence-corrected chi connectivity index (χ2v) is 5.98. The van der Waals surface area contributed by atoms with E-state index in [-0.39, 0.29) is 0 Å². The summed E-state index contributed by atoms with van der Waals surface area (Å²) in [5.41, 5.74) is 0. The Kier molecular flexibility index (Phi) is 3.38. The van der Waals surface area contributed by atoms with Crippen LogP contribution in [0.3, 0.4) is 0 Å². The molecule has 0 N–H and O–H groups in total. The van der Waals surface area contributed by atoms with Gasteiger partial charge in [0.25, 0.3) is 0 Å². The van der Waals surface area contributed by atoms with Crippen molar-refractivity contribution in [1.82, 2.24) is 0 Å². The highest BCUT2D eigenvalue weighted by Crippen LogP contribution is 2.53. The van der Waals surface area contributed by atoms with Crippen LogP contribution in [0.1, 0.15) is 38.5 Å². The van der Waals surface area contributed by atoms with Gasteiger partial charge in [0.2, 0.25) is 0 Å². The minimum absolute atomic E-state index is 0.889. The van der Waals surface area contributed by atoms with Gasteiger partial charge in [-0.1, -0.05) is 0 Å². The third kappa shape index (κ3) is 2.64. The van der Waals surface area contributed by atoms with Crippen molar-refractivity contribution in [1.29, 1.82) is 0 Å². The third-order valence-electron chi connectivity index (χ3n) is 4.00. The predicted octanol–water partition coefficient (Wildman–Crippen LogP) is 4.42. The molecule has 4 saturated carbocycles. The number of carbonyl (C=O) groups is 1. The number of hydrogen-bond acceptors (Lipinski definition) is 1. The Hall–Kier alpha value is 0.250. The molecule has 4 bridgehead atoms. The lowest BCUT2D eigenvalue weighted by atomic mass is 9.56. The third-order valence-corrected chi connectivity index (χ3v) is 4.00. The molecule has 0 aromatic rings. The fraction of sp³-hybridized carbons (Fsp3) is 0.909. The van der Waals surface area contributed by atoms with Crippen molar-refractivity contribution in [2.24, 2.45) is 23.7 Å². The highest BCUT2D eigenvalue weighted by atomic mass is 35.5. The maximum absolute atomic E-state index is 8.98. The fourth-order valence-corrected chi connectivity index (χ4v) is 3.98. The van der Waals surface area contributed by atoms with Crippen LogP contribution in [0.4, 0.5) is 4.79 Å². The van der Waals surface area contributed by atoms with Gasteiger partial charge in [-0.25, -0.2) is 0 Å². The van der Waals surface area contributed by atoms with Crippen molar-refractivity contribution in [3.63, 3.8) is 0 Å². The zero-order valence-electron chi connectivity index (χ0n) is 8.22. The SMILES string of the molecule is C1C2CC3CC1CC(C2)C3.O=C(Cl)Cl. The highest BCUT2D eigenvalue weighted by Gasteiger charge is 2.41. The van der Waals surface area contributed by atoms with Gasteiger partial charge >= 0.3 is 4.70 Å². The summed E-state index contributed by atoms with van der Waals surface area (Å²) in [6, 6.07) is 0. The van der Waals surface area contributed by atoms with Crippen molar-refractivity contribution >= 4 is 27.9 Å². The van der Waals surface area contributed by atoms with Crippen LogP contribution in [-0.2, 0) is 0 Å². The lowest BCUT2D eigenvalue weighted by Gasteiger charge is -2.49. The molecule has 0 unspecified atom stereocenters. The molecule has 0 aromatic carbocycles. The smallest absolute Gasteiger partial charge is 0.262 e. The molecule has 0 atom stereocenters. The second kappa shape index (κ2) is 4.40. The van der Waals surface area contributed by atoms with Gasteiger partial charge in [-0.15, -0.1) is 0 Å². The van der Waals surface area contributed by atoms with Gasteiger partial charge in [-0.3, -0.25) is 4.79 Å². The molecule has 0 amide bonds. The molecule has 14 heavy (non-hydrogen) atoms. The first-order valence-electron chi connectivity index (χ1n) is 5.48. The fourth-order valence-electron chi connectivity index (χ4n) is 3.98. The Morgan fingerprint density at radius 3 is 1.00 bits per heavy atom. The highest BCUT2D eigenvalue weighted by molar-refractivity contribution is 6.93. The average molecular weight is 235 g/mol. The molecule has 4 rings (SSSR count). The molecule has 4 aliphatic carbocycles. The van der Waals surface area contributed by atoms with E-state index in [9.17, 15) is 0 Å². The summed E-state index contributed by atoms with van der Waals surface area (Å²) in [6.07, 6.45) is 9.62. The van der Waals surface area contributed by atoms with Crippen molar-refractivity contribution in [2.45, 2.75) is 38.5 Å². The summed E-state index contributed by atoms with van der Waals surface area (Å²) < 4.78 is -0.889. The van der Waals surface area contributed by atoms with E-state index in [0.29, 0.717) is 0 Å². The summed E-state index contributed by atoms with van der Waals surface area (Å²) in [5, 5.41) is 0. The molecule has 1 nitrogen and oxygen atoms in total. The Balaban J connectivity index is 0.000000165. The molecule has 4 fully saturated rings. The van der Waals surface area contributed by atoms with Crippen LogP contribution >= 0.6 is 23.2 Å². The molecule has 0 spiro atoms. The van der Waals surface area contributed by atoms with E-state index in [2.05, 4.69) is 23.2 Å². The zero-order chi connectivity index (χ0) is 10.1. The van der Waals surface area contributed by atoms with Gasteiger partial charge in [0, 0.05) is 0 Å². The van der Waals surface area contributed by atoms with Crippen molar-refractivity contribution < 1.29 is 4.79 Å². The monoisotopic (exact) mass is 234 g/mol. The lowest BCUT2D eigenvalue weighted by molar-refractivity contribution is 0.0198. The van der Waals surface area contributed by atoms with Gasteiger partial charge in [0.15, 0.2) is 0 Å². The van der Waals surface area contributed by atoms with Crippen LogP contribution in [0.25, 0.3) is 0 Å². The van der Waals surface area contributed by atoms with Gasteiger partial charge in [0.05, 0.1) is 0 Å². The Morgan fingerprint density at radius 2 is 0.857 bits per heavy atom. The minimum atomic E-state index is -0.889. The van der Waals surface area contributed by atoms with Crippen LogP contribution in [0, 0.1) is 23.7 Å². The van der Waals surface area contributed by atoms with Crippen molar-refractivity contribution in [3.05, 3.63) is 0 Å². The van der Waals surface area contributed by atoms with E-state index in [0.717, 1.165) is 0 Å². The maximum Gasteiger partial charge on any atom is 0.313 e. The Bertz CT molecular complexity index is 167. The summed E-state index contributed by atoms with van der Waals surface area (Å²) in [5.74, 6) is 4.71. The molecule has 0 heterocycles. The Labute approximate surface area is 95.1 Å². The molecule has 4 aliphatic rings. The van der Waals surface area contributed by atoms with Crippen LogP contribution in [0.5, 0.6) is 0 Å². The Morgan fingerprint density at radius 1 is 0.714 bits per heavy atom. The first-order chi connectivity index (χ1) is 6.63. The second-order valence-electron chi connectivity index (χ2n) is 5.10. The van der Waals surface area contributed by atoms with Gasteiger partial charge in [-0.2, -0.15) is 0 Å². The lowest BCUT2D eigenvalue weighted by Crippen LogP contribution is -2.38. The number of rotatable bonds is 0. The van der Waals surface area contributed by atoms with Crippen LogP contribution in [-0.4, -0.2) is 4.70 Å². The summed E-state index contributed by atoms with van der Waals surface area (Å²) in [4.78, 5) is 8.98. The van der Waals surface area contributed by atoms with E-state index < -0.39 is 4.70 Å². The summed E-state index contributed by atoms with van der Waals surface area (Å²) in [7, 11) is 0. The molecular weight excluding hydrogens is 219 g/mol. The first-order valence-corrected chi connectivity index (χ1v) is 6.24. The van der Waals surface area contributed by atoms with Crippen LogP contribution in [0.15, 0.2) is 0 Å².